The lowest BCUT2D eigenvalue weighted by Gasteiger charge is -2.34. The van der Waals surface area contributed by atoms with Gasteiger partial charge in [-0.2, -0.15) is 4.98 Å². The lowest BCUT2D eigenvalue weighted by molar-refractivity contribution is 0.243. The molecule has 35 heavy (non-hydrogen) atoms. The molecular weight excluding hydrogens is 436 g/mol. The van der Waals surface area contributed by atoms with Crippen LogP contribution in [0.1, 0.15) is 19.4 Å². The first-order valence-electron chi connectivity index (χ1n) is 12.4. The number of hydrogen-bond donors (Lipinski definition) is 1. The van der Waals surface area contributed by atoms with Gasteiger partial charge in [0.25, 0.3) is 0 Å². The van der Waals surface area contributed by atoms with Crippen molar-refractivity contribution in [2.45, 2.75) is 32.9 Å². The minimum atomic E-state index is 0.0666. The van der Waals surface area contributed by atoms with E-state index in [1.165, 1.54) is 11.3 Å². The first-order chi connectivity index (χ1) is 17.0. The summed E-state index contributed by atoms with van der Waals surface area (Å²) in [6.07, 6.45) is 4.99. The number of rotatable bonds is 8. The number of piperazine rings is 1. The number of likely N-dealkylation sites (N-methyl/N-ethyl adjacent to an activating group) is 1. The number of nitrogens with zero attached hydrogens (tertiary/aromatic N) is 5. The summed E-state index contributed by atoms with van der Waals surface area (Å²) >= 11 is 0. The second kappa shape index (κ2) is 10.4. The van der Waals surface area contributed by atoms with E-state index in [0.29, 0.717) is 5.95 Å². The average molecular weight is 471 g/mol. The van der Waals surface area contributed by atoms with Gasteiger partial charge in [-0.15, -0.1) is 0 Å². The maximum absolute atomic E-state index is 6.19. The number of ether oxygens (including phenoxy) is 1. The van der Waals surface area contributed by atoms with Crippen LogP contribution < -0.4 is 15.0 Å². The van der Waals surface area contributed by atoms with Crippen molar-refractivity contribution in [3.05, 3.63) is 72.6 Å². The third kappa shape index (κ3) is 5.57. The van der Waals surface area contributed by atoms with Crippen LogP contribution in [-0.2, 0) is 13.0 Å². The Balaban J connectivity index is 1.37. The number of fused-ring (bicyclic) bond motifs is 1. The van der Waals surface area contributed by atoms with Crippen LogP contribution in [0.4, 0.5) is 17.3 Å². The van der Waals surface area contributed by atoms with Gasteiger partial charge in [0, 0.05) is 62.3 Å². The third-order valence-electron chi connectivity index (χ3n) is 6.43. The number of aryl methyl sites for hydroxylation is 2. The van der Waals surface area contributed by atoms with E-state index in [0.717, 1.165) is 61.6 Å². The molecule has 0 radical (unpaired) electrons. The Labute approximate surface area is 207 Å². The molecule has 1 fully saturated rings. The summed E-state index contributed by atoms with van der Waals surface area (Å²) in [5.74, 6) is 1.39. The Kier molecular flexibility index (Phi) is 6.86. The van der Waals surface area contributed by atoms with E-state index in [1.54, 1.807) is 0 Å². The van der Waals surface area contributed by atoms with Gasteiger partial charge in [0.15, 0.2) is 0 Å². The summed E-state index contributed by atoms with van der Waals surface area (Å²) in [6, 6.07) is 19.0. The van der Waals surface area contributed by atoms with Crippen LogP contribution >= 0.6 is 0 Å². The molecule has 0 bridgehead atoms. The van der Waals surface area contributed by atoms with Crippen molar-refractivity contribution in [1.29, 1.82) is 0 Å². The van der Waals surface area contributed by atoms with Gasteiger partial charge in [-0.25, -0.2) is 4.98 Å². The molecule has 0 unspecified atom stereocenters. The summed E-state index contributed by atoms with van der Waals surface area (Å²) in [6.45, 7) is 9.14. The molecule has 0 spiro atoms. The van der Waals surface area contributed by atoms with Crippen LogP contribution in [0.5, 0.6) is 5.75 Å². The molecule has 182 valence electrons. The average Bonchev–Trinajstić information content (AvgIpc) is 3.27. The Morgan fingerprint density at radius 3 is 2.57 bits per heavy atom. The van der Waals surface area contributed by atoms with Gasteiger partial charge in [0.1, 0.15) is 11.4 Å². The van der Waals surface area contributed by atoms with Crippen molar-refractivity contribution < 1.29 is 4.74 Å². The zero-order chi connectivity index (χ0) is 24.2. The number of nitrogens with one attached hydrogen (secondary N) is 1. The standard InChI is InChI=1S/C28H34N6O/c1-21(2)35-26-19-24(33-17-15-32(3)16-18-33)9-10-25(26)30-28-29-20-23-12-14-34(27(23)31-28)13-11-22-7-5-4-6-8-22/h4-10,12,14,19-21H,11,13,15-18H2,1-3H3,(H,29,30,31). The van der Waals surface area contributed by atoms with Crippen molar-refractivity contribution in [2.24, 2.45) is 0 Å². The predicted octanol–water partition coefficient (Wildman–Crippen LogP) is 4.96. The van der Waals surface area contributed by atoms with Crippen molar-refractivity contribution in [2.75, 3.05) is 43.4 Å². The second-order valence-corrected chi connectivity index (χ2v) is 9.48. The summed E-state index contributed by atoms with van der Waals surface area (Å²) in [5, 5.41) is 4.45. The number of benzene rings is 2. The van der Waals surface area contributed by atoms with Crippen LogP contribution in [0, 0.1) is 0 Å². The van der Waals surface area contributed by atoms with Crippen LogP contribution in [0.15, 0.2) is 67.0 Å². The lowest BCUT2D eigenvalue weighted by Crippen LogP contribution is -2.44. The fourth-order valence-electron chi connectivity index (χ4n) is 4.45. The molecule has 1 aliphatic rings. The normalized spacial score (nSPS) is 14.6. The zero-order valence-corrected chi connectivity index (χ0v) is 20.8. The van der Waals surface area contributed by atoms with Crippen LogP contribution in [0.2, 0.25) is 0 Å². The maximum atomic E-state index is 6.19. The molecule has 0 atom stereocenters. The second-order valence-electron chi connectivity index (χ2n) is 9.48. The highest BCUT2D eigenvalue weighted by Crippen LogP contribution is 2.33. The molecule has 0 amide bonds. The fourth-order valence-corrected chi connectivity index (χ4v) is 4.45. The van der Waals surface area contributed by atoms with E-state index >= 15 is 0 Å². The zero-order valence-electron chi connectivity index (χ0n) is 20.8. The molecule has 3 heterocycles. The Hall–Kier alpha value is -3.58. The Morgan fingerprint density at radius 2 is 1.80 bits per heavy atom. The molecule has 4 aromatic rings. The summed E-state index contributed by atoms with van der Waals surface area (Å²) in [7, 11) is 2.17. The SMILES string of the molecule is CC(C)Oc1cc(N2CCN(C)CC2)ccc1Nc1ncc2ccn(CCc3ccccc3)c2n1. The molecule has 0 saturated carbocycles. The van der Waals surface area contributed by atoms with E-state index in [9.17, 15) is 0 Å². The van der Waals surface area contributed by atoms with Crippen molar-refractivity contribution in [3.8, 4) is 5.75 Å². The van der Waals surface area contributed by atoms with E-state index in [2.05, 4.69) is 106 Å². The molecule has 7 nitrogen and oxygen atoms in total. The Bertz CT molecular complexity index is 1260. The third-order valence-corrected chi connectivity index (χ3v) is 6.43. The molecule has 2 aromatic carbocycles. The monoisotopic (exact) mass is 470 g/mol. The van der Waals surface area contributed by atoms with Crippen molar-refractivity contribution in [3.63, 3.8) is 0 Å². The molecule has 0 aliphatic carbocycles. The predicted molar refractivity (Wildman–Crippen MR) is 143 cm³/mol. The van der Waals surface area contributed by atoms with Gasteiger partial charge in [-0.1, -0.05) is 30.3 Å². The maximum Gasteiger partial charge on any atom is 0.229 e. The number of anilines is 3. The van der Waals surface area contributed by atoms with Crippen molar-refractivity contribution >= 4 is 28.4 Å². The molecule has 1 saturated heterocycles. The number of aromatic nitrogens is 3. The van der Waals surface area contributed by atoms with Crippen LogP contribution in [0.25, 0.3) is 11.0 Å². The van der Waals surface area contributed by atoms with Gasteiger partial charge >= 0.3 is 0 Å². The quantitative estimate of drug-likeness (QED) is 0.393. The summed E-state index contributed by atoms with van der Waals surface area (Å²) in [5.41, 5.74) is 4.31. The molecule has 1 aliphatic heterocycles. The highest BCUT2D eigenvalue weighted by molar-refractivity contribution is 5.77. The first-order valence-corrected chi connectivity index (χ1v) is 12.4. The summed E-state index contributed by atoms with van der Waals surface area (Å²) < 4.78 is 8.39. The first kappa shape index (κ1) is 23.2. The van der Waals surface area contributed by atoms with E-state index < -0.39 is 0 Å². The fraction of sp³-hybridized carbons (Fsp3) is 0.357. The van der Waals surface area contributed by atoms with Crippen LogP contribution in [-0.4, -0.2) is 58.8 Å². The van der Waals surface area contributed by atoms with Gasteiger partial charge < -0.3 is 24.4 Å². The van der Waals surface area contributed by atoms with E-state index in [-0.39, 0.29) is 6.10 Å². The molecule has 5 rings (SSSR count). The van der Waals surface area contributed by atoms with Crippen LogP contribution in [0.3, 0.4) is 0 Å². The van der Waals surface area contributed by atoms with E-state index in [4.69, 9.17) is 9.72 Å². The van der Waals surface area contributed by atoms with E-state index in [1.807, 2.05) is 6.20 Å². The van der Waals surface area contributed by atoms with Gasteiger partial charge in [0.05, 0.1) is 11.8 Å². The smallest absolute Gasteiger partial charge is 0.229 e. The minimum Gasteiger partial charge on any atom is -0.489 e. The molecule has 7 heteroatoms. The van der Waals surface area contributed by atoms with Crippen molar-refractivity contribution in [1.82, 2.24) is 19.4 Å². The highest BCUT2D eigenvalue weighted by atomic mass is 16.5. The number of hydrogen-bond acceptors (Lipinski definition) is 6. The topological polar surface area (TPSA) is 58.5 Å². The molecular formula is C28H34N6O. The Morgan fingerprint density at radius 1 is 1.00 bits per heavy atom. The van der Waals surface area contributed by atoms with Gasteiger partial charge in [-0.05, 0) is 51.1 Å². The lowest BCUT2D eigenvalue weighted by atomic mass is 10.1. The largest absolute Gasteiger partial charge is 0.489 e. The molecule has 1 N–H and O–H groups in total. The summed E-state index contributed by atoms with van der Waals surface area (Å²) in [4.78, 5) is 14.2. The highest BCUT2D eigenvalue weighted by Gasteiger charge is 2.17. The van der Waals surface area contributed by atoms with Gasteiger partial charge in [-0.3, -0.25) is 0 Å². The molecule has 2 aromatic heterocycles. The van der Waals surface area contributed by atoms with Gasteiger partial charge in [0.2, 0.25) is 5.95 Å². The minimum absolute atomic E-state index is 0.0666.